The topological polar surface area (TPSA) is 88.3 Å². The summed E-state index contributed by atoms with van der Waals surface area (Å²) in [6.07, 6.45) is 1.55. The smallest absolute Gasteiger partial charge is 0.191 e. The minimum Gasteiger partial charge on any atom is -0.493 e. The number of furan rings is 1. The molecule has 8 heteroatoms. The van der Waals surface area contributed by atoms with Crippen molar-refractivity contribution in [3.05, 3.63) is 78.3 Å². The van der Waals surface area contributed by atoms with E-state index in [0.29, 0.717) is 36.3 Å². The van der Waals surface area contributed by atoms with Gasteiger partial charge in [-0.05, 0) is 55.8 Å². The Kier molecular flexibility index (Phi) is 9.86. The van der Waals surface area contributed by atoms with E-state index in [-0.39, 0.29) is 30.5 Å². The fraction of sp³-hybridized carbons (Fsp3) is 0.292. The fourth-order valence-corrected chi connectivity index (χ4v) is 2.93. The molecular weight excluding hydrogens is 521 g/mol. The first-order valence-electron chi connectivity index (χ1n) is 10.2. The van der Waals surface area contributed by atoms with Gasteiger partial charge in [-0.1, -0.05) is 24.3 Å². The third-order valence-electron chi connectivity index (χ3n) is 4.64. The molecule has 172 valence electrons. The maximum absolute atomic E-state index is 10.6. The lowest BCUT2D eigenvalue weighted by molar-refractivity contribution is 0.0386. The second-order valence-electron chi connectivity index (χ2n) is 7.20. The Labute approximate surface area is 205 Å². The van der Waals surface area contributed by atoms with E-state index in [1.807, 2.05) is 55.5 Å². The van der Waals surface area contributed by atoms with Gasteiger partial charge in [0, 0.05) is 6.54 Å². The molecule has 1 unspecified atom stereocenters. The molecule has 2 aromatic carbocycles. The fourth-order valence-electron chi connectivity index (χ4n) is 2.93. The number of nitrogens with zero attached hydrogens (tertiary/aromatic N) is 1. The minimum atomic E-state index is -1.14. The Morgan fingerprint density at radius 2 is 1.75 bits per heavy atom. The molecule has 0 aliphatic rings. The number of ether oxygens (including phenoxy) is 2. The molecule has 0 saturated carbocycles. The lowest BCUT2D eigenvalue weighted by Crippen LogP contribution is -2.44. The van der Waals surface area contributed by atoms with Gasteiger partial charge in [0.1, 0.15) is 17.1 Å². The highest BCUT2D eigenvalue weighted by molar-refractivity contribution is 14.0. The molecule has 3 rings (SSSR count). The Morgan fingerprint density at radius 1 is 1.03 bits per heavy atom. The summed E-state index contributed by atoms with van der Waals surface area (Å²) in [7, 11) is 1.62. The Bertz CT molecular complexity index is 973. The number of aliphatic hydroxyl groups is 1. The van der Waals surface area contributed by atoms with Crippen LogP contribution in [0.25, 0.3) is 0 Å². The predicted octanol–water partition coefficient (Wildman–Crippen LogP) is 4.66. The molecule has 1 aromatic heterocycles. The first-order chi connectivity index (χ1) is 15.0. The number of methoxy groups -OCH3 is 1. The zero-order valence-corrected chi connectivity index (χ0v) is 20.8. The van der Waals surface area contributed by atoms with Gasteiger partial charge in [-0.3, -0.25) is 0 Å². The van der Waals surface area contributed by atoms with Crippen LogP contribution in [0, 0.1) is 0 Å². The van der Waals surface area contributed by atoms with Crippen molar-refractivity contribution in [3.63, 3.8) is 0 Å². The van der Waals surface area contributed by atoms with Crippen molar-refractivity contribution in [1.29, 1.82) is 0 Å². The van der Waals surface area contributed by atoms with Gasteiger partial charge in [0.25, 0.3) is 0 Å². The van der Waals surface area contributed by atoms with Crippen molar-refractivity contribution in [3.8, 4) is 17.2 Å². The third kappa shape index (κ3) is 7.16. The number of nitrogens with one attached hydrogen (secondary N) is 2. The minimum absolute atomic E-state index is 0. The van der Waals surface area contributed by atoms with E-state index < -0.39 is 5.60 Å². The number of halogens is 1. The van der Waals surface area contributed by atoms with Crippen LogP contribution in [0.4, 0.5) is 0 Å². The summed E-state index contributed by atoms with van der Waals surface area (Å²) < 4.78 is 16.5. The molecule has 0 saturated heterocycles. The van der Waals surface area contributed by atoms with Crippen molar-refractivity contribution in [1.82, 2.24) is 10.6 Å². The monoisotopic (exact) mass is 551 g/mol. The van der Waals surface area contributed by atoms with Gasteiger partial charge in [0.05, 0.1) is 26.5 Å². The zero-order valence-electron chi connectivity index (χ0n) is 18.5. The standard InChI is InChI=1S/C24H29N3O4.HI/c1-4-25-23(27-17-24(2,28)22-10-7-15-30-22)26-16-18-11-13-19(14-12-18)31-21-9-6-5-8-20(21)29-3;/h5-15,28H,4,16-17H2,1-3H3,(H2,25,26,27);1H. The van der Waals surface area contributed by atoms with Crippen LogP contribution in [0.2, 0.25) is 0 Å². The van der Waals surface area contributed by atoms with E-state index in [2.05, 4.69) is 15.6 Å². The molecule has 7 nitrogen and oxygen atoms in total. The highest BCUT2D eigenvalue weighted by Gasteiger charge is 2.26. The first kappa shape index (κ1) is 25.5. The Balaban J connectivity index is 0.00000363. The van der Waals surface area contributed by atoms with Crippen molar-refractivity contribution < 1.29 is 19.0 Å². The number of rotatable bonds is 9. The highest BCUT2D eigenvalue weighted by Crippen LogP contribution is 2.30. The van der Waals surface area contributed by atoms with Gasteiger partial charge in [0.2, 0.25) is 0 Å². The summed E-state index contributed by atoms with van der Waals surface area (Å²) in [6, 6.07) is 18.8. The lowest BCUT2D eigenvalue weighted by atomic mass is 10.0. The van der Waals surface area contributed by atoms with Crippen molar-refractivity contribution >= 4 is 29.9 Å². The average Bonchev–Trinajstić information content (AvgIpc) is 3.33. The Hall–Kier alpha value is -2.72. The van der Waals surface area contributed by atoms with Gasteiger partial charge < -0.3 is 29.6 Å². The molecule has 0 aliphatic heterocycles. The van der Waals surface area contributed by atoms with Gasteiger partial charge in [-0.15, -0.1) is 24.0 Å². The molecule has 3 N–H and O–H groups in total. The maximum Gasteiger partial charge on any atom is 0.191 e. The summed E-state index contributed by atoms with van der Waals surface area (Å²) in [5, 5.41) is 17.0. The van der Waals surface area contributed by atoms with Crippen LogP contribution in [0.1, 0.15) is 25.2 Å². The maximum atomic E-state index is 10.6. The molecule has 0 radical (unpaired) electrons. The molecular formula is C24H30IN3O4. The van der Waals surface area contributed by atoms with Crippen LogP contribution >= 0.6 is 24.0 Å². The number of guanidine groups is 1. The summed E-state index contributed by atoms with van der Waals surface area (Å²) in [4.78, 5) is 4.60. The first-order valence-corrected chi connectivity index (χ1v) is 10.2. The predicted molar refractivity (Wildman–Crippen MR) is 136 cm³/mol. The molecule has 3 aromatic rings. The number of para-hydroxylation sites is 2. The molecule has 1 atom stereocenters. The number of aliphatic imine (C=N–C) groups is 1. The van der Waals surface area contributed by atoms with Crippen molar-refractivity contribution in [2.45, 2.75) is 26.0 Å². The van der Waals surface area contributed by atoms with E-state index >= 15 is 0 Å². The third-order valence-corrected chi connectivity index (χ3v) is 4.64. The summed E-state index contributed by atoms with van der Waals surface area (Å²) in [6.45, 7) is 5.14. The van der Waals surface area contributed by atoms with E-state index in [1.165, 1.54) is 0 Å². The molecule has 0 bridgehead atoms. The van der Waals surface area contributed by atoms with Crippen LogP contribution in [-0.2, 0) is 12.1 Å². The molecule has 0 fully saturated rings. The molecule has 32 heavy (non-hydrogen) atoms. The van der Waals surface area contributed by atoms with Gasteiger partial charge in [-0.2, -0.15) is 0 Å². The van der Waals surface area contributed by atoms with E-state index in [0.717, 1.165) is 11.3 Å². The van der Waals surface area contributed by atoms with Gasteiger partial charge in [0.15, 0.2) is 17.5 Å². The van der Waals surface area contributed by atoms with Crippen LogP contribution in [0.5, 0.6) is 17.2 Å². The van der Waals surface area contributed by atoms with Crippen molar-refractivity contribution in [2.24, 2.45) is 4.99 Å². The molecule has 0 spiro atoms. The molecule has 0 amide bonds. The quantitative estimate of drug-likeness (QED) is 0.204. The SMILES string of the molecule is CCNC(=NCc1ccc(Oc2ccccc2OC)cc1)NCC(C)(O)c1ccco1.I. The summed E-state index contributed by atoms with van der Waals surface area (Å²) in [5.74, 6) is 3.18. The number of hydrogen-bond acceptors (Lipinski definition) is 5. The summed E-state index contributed by atoms with van der Waals surface area (Å²) in [5.41, 5.74) is -0.112. The van der Waals surface area contributed by atoms with E-state index in [9.17, 15) is 5.11 Å². The lowest BCUT2D eigenvalue weighted by Gasteiger charge is -2.22. The number of hydrogen-bond donors (Lipinski definition) is 3. The van der Waals surface area contributed by atoms with Crippen LogP contribution < -0.4 is 20.1 Å². The Morgan fingerprint density at radius 3 is 2.38 bits per heavy atom. The van der Waals surface area contributed by atoms with E-state index in [4.69, 9.17) is 13.9 Å². The van der Waals surface area contributed by atoms with Gasteiger partial charge >= 0.3 is 0 Å². The highest BCUT2D eigenvalue weighted by atomic mass is 127. The van der Waals surface area contributed by atoms with Crippen LogP contribution in [0.3, 0.4) is 0 Å². The van der Waals surface area contributed by atoms with Gasteiger partial charge in [-0.25, -0.2) is 4.99 Å². The van der Waals surface area contributed by atoms with Crippen LogP contribution in [-0.4, -0.2) is 31.3 Å². The van der Waals surface area contributed by atoms with Crippen molar-refractivity contribution in [2.75, 3.05) is 20.2 Å². The van der Waals surface area contributed by atoms with E-state index in [1.54, 1.807) is 32.4 Å². The normalized spacial score (nSPS) is 12.9. The second kappa shape index (κ2) is 12.4. The zero-order chi connectivity index (χ0) is 22.1. The van der Waals surface area contributed by atoms with Crippen LogP contribution in [0.15, 0.2) is 76.3 Å². The summed E-state index contributed by atoms with van der Waals surface area (Å²) >= 11 is 0. The molecule has 1 heterocycles. The largest absolute Gasteiger partial charge is 0.493 e. The molecule has 0 aliphatic carbocycles. The second-order valence-corrected chi connectivity index (χ2v) is 7.20. The number of benzene rings is 2. The average molecular weight is 551 g/mol.